The van der Waals surface area contributed by atoms with E-state index in [0.717, 1.165) is 12.1 Å². The van der Waals surface area contributed by atoms with Crippen LogP contribution in [0.1, 0.15) is 22.8 Å². The predicted molar refractivity (Wildman–Crippen MR) is 131 cm³/mol. The number of methoxy groups -OCH3 is 2. The number of esters is 1. The number of hydrogen-bond donors (Lipinski definition) is 2. The number of nitrogens with one attached hydrogen (secondary N) is 2. The van der Waals surface area contributed by atoms with Gasteiger partial charge in [-0.3, -0.25) is 9.52 Å². The molecule has 0 saturated heterocycles. The number of amides is 1. The molecule has 0 aliphatic carbocycles. The average molecular weight is 517 g/mol. The van der Waals surface area contributed by atoms with Crippen molar-refractivity contribution in [3.63, 3.8) is 0 Å². The fourth-order valence-corrected chi connectivity index (χ4v) is 4.30. The molecule has 1 unspecified atom stereocenters. The minimum absolute atomic E-state index is 0.0605. The molecule has 0 aliphatic heterocycles. The Morgan fingerprint density at radius 1 is 0.944 bits per heavy atom. The van der Waals surface area contributed by atoms with E-state index in [0.29, 0.717) is 17.2 Å². The summed E-state index contributed by atoms with van der Waals surface area (Å²) in [4.78, 5) is 25.3. The highest BCUT2D eigenvalue weighted by Gasteiger charge is 2.24. The molecule has 3 aromatic rings. The van der Waals surface area contributed by atoms with E-state index in [1.165, 1.54) is 58.4 Å². The molecule has 0 fully saturated rings. The maximum atomic E-state index is 13.6. The zero-order chi connectivity index (χ0) is 26.5. The SMILES string of the molecule is COc1cc(NC(=O)C(C)OC(=O)c2ccccc2NS(=O)(=O)c2ccc(F)c(C)c2)cc(OC)c1. The van der Waals surface area contributed by atoms with Crippen LogP contribution in [-0.2, 0) is 19.6 Å². The number of para-hydroxylation sites is 1. The summed E-state index contributed by atoms with van der Waals surface area (Å²) in [5, 5.41) is 2.61. The molecular weight excluding hydrogens is 491 g/mol. The van der Waals surface area contributed by atoms with Gasteiger partial charge in [0.2, 0.25) is 0 Å². The van der Waals surface area contributed by atoms with Gasteiger partial charge in [-0.15, -0.1) is 0 Å². The molecule has 36 heavy (non-hydrogen) atoms. The summed E-state index contributed by atoms with van der Waals surface area (Å²) in [7, 11) is -1.20. The number of halogens is 1. The van der Waals surface area contributed by atoms with E-state index in [1.54, 1.807) is 18.2 Å². The molecule has 0 radical (unpaired) electrons. The van der Waals surface area contributed by atoms with Crippen molar-refractivity contribution < 1.29 is 36.6 Å². The number of rotatable bonds is 9. The quantitative estimate of drug-likeness (QED) is 0.410. The van der Waals surface area contributed by atoms with Gasteiger partial charge >= 0.3 is 5.97 Å². The van der Waals surface area contributed by atoms with Gasteiger partial charge in [0, 0.05) is 23.9 Å². The Morgan fingerprint density at radius 3 is 2.19 bits per heavy atom. The number of anilines is 2. The monoisotopic (exact) mass is 516 g/mol. The lowest BCUT2D eigenvalue weighted by molar-refractivity contribution is -0.123. The highest BCUT2D eigenvalue weighted by molar-refractivity contribution is 7.92. The van der Waals surface area contributed by atoms with Gasteiger partial charge in [-0.25, -0.2) is 17.6 Å². The third kappa shape index (κ3) is 6.30. The lowest BCUT2D eigenvalue weighted by Gasteiger charge is -2.16. The molecule has 1 atom stereocenters. The average Bonchev–Trinajstić information content (AvgIpc) is 2.85. The fraction of sp³-hybridized carbons (Fsp3) is 0.200. The largest absolute Gasteiger partial charge is 0.497 e. The number of hydrogen-bond acceptors (Lipinski definition) is 7. The van der Waals surface area contributed by atoms with Crippen LogP contribution in [0.5, 0.6) is 11.5 Å². The molecule has 11 heteroatoms. The van der Waals surface area contributed by atoms with Gasteiger partial charge in [-0.1, -0.05) is 12.1 Å². The number of aryl methyl sites for hydroxylation is 1. The number of carbonyl (C=O) groups excluding carboxylic acids is 2. The van der Waals surface area contributed by atoms with Gasteiger partial charge in [0.25, 0.3) is 15.9 Å². The third-order valence-electron chi connectivity index (χ3n) is 5.10. The van der Waals surface area contributed by atoms with Crippen LogP contribution < -0.4 is 19.5 Å². The van der Waals surface area contributed by atoms with Crippen LogP contribution in [0.15, 0.2) is 65.6 Å². The molecule has 1 amide bonds. The van der Waals surface area contributed by atoms with E-state index in [1.807, 2.05) is 0 Å². The second-order valence-electron chi connectivity index (χ2n) is 7.70. The zero-order valence-corrected chi connectivity index (χ0v) is 20.8. The Bertz CT molecular complexity index is 1370. The Morgan fingerprint density at radius 2 is 1.58 bits per heavy atom. The van der Waals surface area contributed by atoms with E-state index in [-0.39, 0.29) is 21.7 Å². The Hall–Kier alpha value is -4.12. The highest BCUT2D eigenvalue weighted by Crippen LogP contribution is 2.26. The standard InChI is InChI=1S/C25H25FN2O7S/c1-15-11-20(9-10-22(15)26)36(31,32)28-23-8-6-5-7-21(23)25(30)35-16(2)24(29)27-17-12-18(33-3)14-19(13-17)34-4/h5-14,16,28H,1-4H3,(H,27,29). The van der Waals surface area contributed by atoms with E-state index < -0.39 is 33.8 Å². The van der Waals surface area contributed by atoms with Crippen LogP contribution in [0.3, 0.4) is 0 Å². The number of benzene rings is 3. The van der Waals surface area contributed by atoms with Crippen LogP contribution in [0.2, 0.25) is 0 Å². The van der Waals surface area contributed by atoms with Crippen molar-refractivity contribution in [2.75, 3.05) is 24.3 Å². The minimum Gasteiger partial charge on any atom is -0.497 e. The van der Waals surface area contributed by atoms with E-state index in [4.69, 9.17) is 14.2 Å². The smallest absolute Gasteiger partial charge is 0.341 e. The van der Waals surface area contributed by atoms with E-state index in [2.05, 4.69) is 10.0 Å². The number of ether oxygens (including phenoxy) is 3. The summed E-state index contributed by atoms with van der Waals surface area (Å²) in [6.45, 7) is 2.81. The van der Waals surface area contributed by atoms with Gasteiger partial charge in [-0.05, 0) is 49.7 Å². The van der Waals surface area contributed by atoms with Crippen molar-refractivity contribution in [3.8, 4) is 11.5 Å². The molecule has 2 N–H and O–H groups in total. The summed E-state index contributed by atoms with van der Waals surface area (Å²) in [5.41, 5.74) is 0.346. The lowest BCUT2D eigenvalue weighted by atomic mass is 10.2. The second kappa shape index (κ2) is 11.1. The van der Waals surface area contributed by atoms with Crippen molar-refractivity contribution in [2.24, 2.45) is 0 Å². The van der Waals surface area contributed by atoms with Gasteiger partial charge in [0.15, 0.2) is 6.10 Å². The number of sulfonamides is 1. The van der Waals surface area contributed by atoms with Crippen LogP contribution in [-0.4, -0.2) is 40.6 Å². The maximum Gasteiger partial charge on any atom is 0.341 e. The first kappa shape index (κ1) is 26.5. The Labute approximate surface area is 208 Å². The maximum absolute atomic E-state index is 13.6. The fourth-order valence-electron chi connectivity index (χ4n) is 3.14. The van der Waals surface area contributed by atoms with Gasteiger partial charge in [0.05, 0.1) is 30.4 Å². The number of carbonyl (C=O) groups is 2. The van der Waals surface area contributed by atoms with Crippen molar-refractivity contribution in [2.45, 2.75) is 24.8 Å². The van der Waals surface area contributed by atoms with Crippen molar-refractivity contribution in [1.82, 2.24) is 0 Å². The first-order valence-corrected chi connectivity index (χ1v) is 12.2. The molecule has 9 nitrogen and oxygen atoms in total. The van der Waals surface area contributed by atoms with Crippen molar-refractivity contribution in [1.29, 1.82) is 0 Å². The summed E-state index contributed by atoms with van der Waals surface area (Å²) >= 11 is 0. The molecule has 0 heterocycles. The van der Waals surface area contributed by atoms with E-state index >= 15 is 0 Å². The van der Waals surface area contributed by atoms with Crippen LogP contribution >= 0.6 is 0 Å². The first-order chi connectivity index (χ1) is 17.0. The molecular formula is C25H25FN2O7S. The first-order valence-electron chi connectivity index (χ1n) is 10.7. The normalized spacial score (nSPS) is 11.8. The zero-order valence-electron chi connectivity index (χ0n) is 20.0. The van der Waals surface area contributed by atoms with Gasteiger partial charge in [0.1, 0.15) is 17.3 Å². The molecule has 0 aliphatic rings. The van der Waals surface area contributed by atoms with Crippen LogP contribution in [0.25, 0.3) is 0 Å². The molecule has 0 spiro atoms. The molecule has 0 aromatic heterocycles. The Kier molecular flexibility index (Phi) is 8.15. The Balaban J connectivity index is 1.75. The summed E-state index contributed by atoms with van der Waals surface area (Å²) in [5.74, 6) is -1.19. The molecule has 3 rings (SSSR count). The van der Waals surface area contributed by atoms with Crippen molar-refractivity contribution >= 4 is 33.3 Å². The lowest BCUT2D eigenvalue weighted by Crippen LogP contribution is -2.30. The summed E-state index contributed by atoms with van der Waals surface area (Å²) in [6, 6.07) is 13.9. The summed E-state index contributed by atoms with van der Waals surface area (Å²) < 4.78 is 57.1. The van der Waals surface area contributed by atoms with E-state index in [9.17, 15) is 22.4 Å². The van der Waals surface area contributed by atoms with Gasteiger partial charge < -0.3 is 19.5 Å². The minimum atomic E-state index is -4.13. The summed E-state index contributed by atoms with van der Waals surface area (Å²) in [6.07, 6.45) is -1.22. The second-order valence-corrected chi connectivity index (χ2v) is 9.38. The molecule has 190 valence electrons. The topological polar surface area (TPSA) is 120 Å². The van der Waals surface area contributed by atoms with Crippen LogP contribution in [0, 0.1) is 12.7 Å². The molecule has 0 bridgehead atoms. The third-order valence-corrected chi connectivity index (χ3v) is 6.47. The van der Waals surface area contributed by atoms with Crippen LogP contribution in [0.4, 0.5) is 15.8 Å². The molecule has 3 aromatic carbocycles. The molecule has 0 saturated carbocycles. The predicted octanol–water partition coefficient (Wildman–Crippen LogP) is 4.14. The van der Waals surface area contributed by atoms with Crippen molar-refractivity contribution in [3.05, 3.63) is 77.6 Å². The van der Waals surface area contributed by atoms with Gasteiger partial charge in [-0.2, -0.15) is 0 Å². The highest BCUT2D eigenvalue weighted by atomic mass is 32.2.